The molecule has 0 atom stereocenters. The van der Waals surface area contributed by atoms with Gasteiger partial charge in [-0.3, -0.25) is 0 Å². The molecule has 0 radical (unpaired) electrons. The van der Waals surface area contributed by atoms with Crippen molar-refractivity contribution in [3.8, 4) is 5.75 Å². The van der Waals surface area contributed by atoms with Gasteiger partial charge in [-0.2, -0.15) is 0 Å². The van der Waals surface area contributed by atoms with E-state index in [4.69, 9.17) is 20.4 Å². The molecule has 18 heavy (non-hydrogen) atoms. The van der Waals surface area contributed by atoms with E-state index in [1.54, 1.807) is 0 Å². The van der Waals surface area contributed by atoms with Crippen LogP contribution in [0.2, 0.25) is 0 Å². The molecule has 5 nitrogen and oxygen atoms in total. The van der Waals surface area contributed by atoms with E-state index >= 15 is 0 Å². The second kappa shape index (κ2) is 7.50. The smallest absolute Gasteiger partial charge is 0.173 e. The van der Waals surface area contributed by atoms with Crippen molar-refractivity contribution in [2.75, 3.05) is 19.8 Å². The van der Waals surface area contributed by atoms with Gasteiger partial charge in [0.05, 0.1) is 12.2 Å². The van der Waals surface area contributed by atoms with Crippen molar-refractivity contribution in [2.24, 2.45) is 10.9 Å². The second-order valence-electron chi connectivity index (χ2n) is 3.59. The SMILES string of the molecule is CCCOCCOc1ccc(F)cc1C(N)=NO. The van der Waals surface area contributed by atoms with E-state index in [9.17, 15) is 4.39 Å². The minimum absolute atomic E-state index is 0.195. The van der Waals surface area contributed by atoms with Gasteiger partial charge in [0.1, 0.15) is 18.2 Å². The van der Waals surface area contributed by atoms with Crippen LogP contribution in [0.25, 0.3) is 0 Å². The molecule has 0 saturated heterocycles. The molecule has 0 bridgehead atoms. The Kier molecular flexibility index (Phi) is 5.93. The molecule has 6 heteroatoms. The molecule has 1 aromatic carbocycles. The van der Waals surface area contributed by atoms with E-state index in [1.165, 1.54) is 12.1 Å². The molecule has 0 spiro atoms. The molecule has 0 aliphatic carbocycles. The van der Waals surface area contributed by atoms with Crippen molar-refractivity contribution in [1.29, 1.82) is 0 Å². The third-order valence-electron chi connectivity index (χ3n) is 2.16. The largest absolute Gasteiger partial charge is 0.490 e. The Morgan fingerprint density at radius 2 is 2.17 bits per heavy atom. The van der Waals surface area contributed by atoms with E-state index in [1.807, 2.05) is 6.92 Å². The topological polar surface area (TPSA) is 77.1 Å². The molecule has 0 aliphatic rings. The average molecular weight is 256 g/mol. The summed E-state index contributed by atoms with van der Waals surface area (Å²) in [4.78, 5) is 0. The highest BCUT2D eigenvalue weighted by Crippen LogP contribution is 2.19. The summed E-state index contributed by atoms with van der Waals surface area (Å²) in [7, 11) is 0. The van der Waals surface area contributed by atoms with Crippen LogP contribution < -0.4 is 10.5 Å². The van der Waals surface area contributed by atoms with Crippen LogP contribution in [0.5, 0.6) is 5.75 Å². The van der Waals surface area contributed by atoms with Crippen molar-refractivity contribution in [3.05, 3.63) is 29.6 Å². The van der Waals surface area contributed by atoms with Crippen LogP contribution in [0.1, 0.15) is 18.9 Å². The highest BCUT2D eigenvalue weighted by atomic mass is 19.1. The molecular formula is C12H17FN2O3. The Hall–Kier alpha value is -1.82. The average Bonchev–Trinajstić information content (AvgIpc) is 2.39. The van der Waals surface area contributed by atoms with Crippen molar-refractivity contribution in [1.82, 2.24) is 0 Å². The monoisotopic (exact) mass is 256 g/mol. The van der Waals surface area contributed by atoms with Gasteiger partial charge in [-0.15, -0.1) is 0 Å². The maximum absolute atomic E-state index is 13.1. The first kappa shape index (κ1) is 14.2. The van der Waals surface area contributed by atoms with Crippen molar-refractivity contribution < 1.29 is 19.1 Å². The number of benzene rings is 1. The highest BCUT2D eigenvalue weighted by Gasteiger charge is 2.09. The molecular weight excluding hydrogens is 239 g/mol. The maximum atomic E-state index is 13.1. The van der Waals surface area contributed by atoms with Gasteiger partial charge in [0.25, 0.3) is 0 Å². The summed E-state index contributed by atoms with van der Waals surface area (Å²) in [6, 6.07) is 3.83. The van der Waals surface area contributed by atoms with Crippen LogP contribution in [-0.2, 0) is 4.74 Å². The Morgan fingerprint density at radius 3 is 2.83 bits per heavy atom. The van der Waals surface area contributed by atoms with Crippen LogP contribution in [0.15, 0.2) is 23.4 Å². The number of amidine groups is 1. The molecule has 3 N–H and O–H groups in total. The molecule has 0 fully saturated rings. The summed E-state index contributed by atoms with van der Waals surface area (Å²) in [5.74, 6) is -0.322. The summed E-state index contributed by atoms with van der Waals surface area (Å²) in [6.45, 7) is 3.43. The van der Waals surface area contributed by atoms with Gasteiger partial charge in [0.15, 0.2) is 5.84 Å². The first-order valence-corrected chi connectivity index (χ1v) is 5.67. The lowest BCUT2D eigenvalue weighted by molar-refractivity contribution is 0.100. The number of hydrogen-bond donors (Lipinski definition) is 2. The van der Waals surface area contributed by atoms with Gasteiger partial charge in [-0.25, -0.2) is 4.39 Å². The number of nitrogens with zero attached hydrogens (tertiary/aromatic N) is 1. The summed E-state index contributed by atoms with van der Waals surface area (Å²) in [6.07, 6.45) is 0.936. The normalized spacial score (nSPS) is 11.6. The lowest BCUT2D eigenvalue weighted by atomic mass is 10.2. The third-order valence-corrected chi connectivity index (χ3v) is 2.16. The summed E-state index contributed by atoms with van der Waals surface area (Å²) in [5, 5.41) is 11.4. The predicted octanol–water partition coefficient (Wildman–Crippen LogP) is 1.73. The fraction of sp³-hybridized carbons (Fsp3) is 0.417. The fourth-order valence-corrected chi connectivity index (χ4v) is 1.34. The van der Waals surface area contributed by atoms with Crippen LogP contribution in [0, 0.1) is 5.82 Å². The van der Waals surface area contributed by atoms with E-state index in [0.717, 1.165) is 12.5 Å². The number of halogens is 1. The Balaban J connectivity index is 2.64. The van der Waals surface area contributed by atoms with Crippen molar-refractivity contribution in [2.45, 2.75) is 13.3 Å². The van der Waals surface area contributed by atoms with Crippen LogP contribution in [-0.4, -0.2) is 30.9 Å². The summed E-state index contributed by atoms with van der Waals surface area (Å²) >= 11 is 0. The summed E-state index contributed by atoms with van der Waals surface area (Å²) < 4.78 is 23.7. The standard InChI is InChI=1S/C12H17FN2O3/c1-2-5-17-6-7-18-11-4-3-9(13)8-10(11)12(14)15-16/h3-4,8,16H,2,5-7H2,1H3,(H2,14,15). The second-order valence-corrected chi connectivity index (χ2v) is 3.59. The minimum atomic E-state index is -0.480. The quantitative estimate of drug-likeness (QED) is 0.256. The van der Waals surface area contributed by atoms with Crippen LogP contribution in [0.3, 0.4) is 0 Å². The van der Waals surface area contributed by atoms with Gasteiger partial charge in [0.2, 0.25) is 0 Å². The Morgan fingerprint density at radius 1 is 1.39 bits per heavy atom. The van der Waals surface area contributed by atoms with Gasteiger partial charge in [-0.1, -0.05) is 12.1 Å². The lowest BCUT2D eigenvalue weighted by Crippen LogP contribution is -2.16. The van der Waals surface area contributed by atoms with Crippen molar-refractivity contribution >= 4 is 5.84 Å². The van der Waals surface area contributed by atoms with Gasteiger partial charge < -0.3 is 20.4 Å². The van der Waals surface area contributed by atoms with Gasteiger partial charge >= 0.3 is 0 Å². The number of rotatable bonds is 7. The number of ether oxygens (including phenoxy) is 2. The summed E-state index contributed by atoms with van der Waals surface area (Å²) in [5.41, 5.74) is 5.65. The zero-order chi connectivity index (χ0) is 13.4. The molecule has 1 aromatic rings. The molecule has 0 unspecified atom stereocenters. The molecule has 0 saturated carbocycles. The molecule has 0 amide bonds. The zero-order valence-corrected chi connectivity index (χ0v) is 10.2. The lowest BCUT2D eigenvalue weighted by Gasteiger charge is -2.10. The predicted molar refractivity (Wildman–Crippen MR) is 65.5 cm³/mol. The molecule has 0 heterocycles. The third kappa shape index (κ3) is 4.21. The molecule has 0 aromatic heterocycles. The van der Waals surface area contributed by atoms with Gasteiger partial charge in [0, 0.05) is 6.61 Å². The number of oxime groups is 1. The number of nitrogens with two attached hydrogens (primary N) is 1. The zero-order valence-electron chi connectivity index (χ0n) is 10.2. The molecule has 100 valence electrons. The van der Waals surface area contributed by atoms with E-state index in [-0.39, 0.29) is 11.4 Å². The van der Waals surface area contributed by atoms with E-state index < -0.39 is 5.82 Å². The van der Waals surface area contributed by atoms with Crippen molar-refractivity contribution in [3.63, 3.8) is 0 Å². The minimum Gasteiger partial charge on any atom is -0.490 e. The molecule has 0 aliphatic heterocycles. The van der Waals surface area contributed by atoms with E-state index in [0.29, 0.717) is 25.6 Å². The first-order valence-electron chi connectivity index (χ1n) is 5.67. The Labute approximate surface area is 105 Å². The maximum Gasteiger partial charge on any atom is 0.173 e. The highest BCUT2D eigenvalue weighted by molar-refractivity contribution is 5.99. The molecule has 1 rings (SSSR count). The fourth-order valence-electron chi connectivity index (χ4n) is 1.34. The first-order chi connectivity index (χ1) is 8.69. The Bertz CT molecular complexity index is 410. The van der Waals surface area contributed by atoms with Crippen LogP contribution in [0.4, 0.5) is 4.39 Å². The van der Waals surface area contributed by atoms with Crippen LogP contribution >= 0.6 is 0 Å². The van der Waals surface area contributed by atoms with Gasteiger partial charge in [-0.05, 0) is 24.6 Å². The van der Waals surface area contributed by atoms with E-state index in [2.05, 4.69) is 5.16 Å². The number of hydrogen-bond acceptors (Lipinski definition) is 4.